The van der Waals surface area contributed by atoms with Gasteiger partial charge in [-0.15, -0.1) is 0 Å². The van der Waals surface area contributed by atoms with E-state index in [0.29, 0.717) is 13.1 Å². The molecule has 104 valence electrons. The predicted molar refractivity (Wildman–Crippen MR) is 67.8 cm³/mol. The van der Waals surface area contributed by atoms with E-state index in [2.05, 4.69) is 5.32 Å². The fraction of sp³-hybridized carbons (Fsp3) is 0.833. The van der Waals surface area contributed by atoms with Crippen molar-refractivity contribution in [3.05, 3.63) is 0 Å². The molecule has 2 atom stereocenters. The molecule has 0 aromatic heterocycles. The number of hydrogen-bond donors (Lipinski definition) is 2. The van der Waals surface area contributed by atoms with Crippen LogP contribution in [0.5, 0.6) is 0 Å². The van der Waals surface area contributed by atoms with Crippen LogP contribution in [-0.2, 0) is 14.3 Å². The molecule has 0 radical (unpaired) electrons. The lowest BCUT2D eigenvalue weighted by molar-refractivity contribution is -0.132. The number of rotatable bonds is 5. The van der Waals surface area contributed by atoms with Gasteiger partial charge in [-0.1, -0.05) is 13.8 Å². The molecular weight excluding hydrogens is 234 g/mol. The van der Waals surface area contributed by atoms with E-state index in [1.54, 1.807) is 12.0 Å². The third-order valence-corrected chi connectivity index (χ3v) is 3.27. The van der Waals surface area contributed by atoms with E-state index in [9.17, 15) is 9.59 Å². The van der Waals surface area contributed by atoms with Gasteiger partial charge in [0.2, 0.25) is 11.8 Å². The smallest absolute Gasteiger partial charge is 0.242 e. The standard InChI is InChI=1S/C12H23N3O3/c1-8(2)11(13)12(17)14-6-10(16)15-5-4-9(7-15)18-3/h8-9,11H,4-7,13H2,1-3H3,(H,14,17)/t9-,11-/m0/s1. The molecule has 1 aliphatic heterocycles. The van der Waals surface area contributed by atoms with Crippen LogP contribution in [0.2, 0.25) is 0 Å². The van der Waals surface area contributed by atoms with Gasteiger partial charge in [0.05, 0.1) is 18.7 Å². The minimum atomic E-state index is -0.567. The molecule has 0 aromatic carbocycles. The van der Waals surface area contributed by atoms with Crippen molar-refractivity contribution in [1.82, 2.24) is 10.2 Å². The molecule has 18 heavy (non-hydrogen) atoms. The molecule has 1 heterocycles. The van der Waals surface area contributed by atoms with Crippen molar-refractivity contribution in [2.24, 2.45) is 11.7 Å². The Morgan fingerprint density at radius 2 is 2.17 bits per heavy atom. The third kappa shape index (κ3) is 3.96. The summed E-state index contributed by atoms with van der Waals surface area (Å²) in [6, 6.07) is -0.567. The number of nitrogens with two attached hydrogens (primary N) is 1. The Kier molecular flexibility index (Phi) is 5.55. The Hall–Kier alpha value is -1.14. The number of methoxy groups -OCH3 is 1. The van der Waals surface area contributed by atoms with Crippen LogP contribution in [0, 0.1) is 5.92 Å². The Morgan fingerprint density at radius 1 is 1.50 bits per heavy atom. The van der Waals surface area contributed by atoms with Gasteiger partial charge in [-0.2, -0.15) is 0 Å². The van der Waals surface area contributed by atoms with Crippen LogP contribution in [0.4, 0.5) is 0 Å². The number of carbonyl (C=O) groups is 2. The SMILES string of the molecule is CO[C@H]1CCN(C(=O)CNC(=O)[C@@H](N)C(C)C)C1. The molecule has 6 nitrogen and oxygen atoms in total. The molecule has 0 unspecified atom stereocenters. The summed E-state index contributed by atoms with van der Waals surface area (Å²) in [4.78, 5) is 25.1. The first-order chi connectivity index (χ1) is 8.45. The summed E-state index contributed by atoms with van der Waals surface area (Å²) in [6.07, 6.45) is 0.962. The highest BCUT2D eigenvalue weighted by atomic mass is 16.5. The van der Waals surface area contributed by atoms with Crippen LogP contribution < -0.4 is 11.1 Å². The summed E-state index contributed by atoms with van der Waals surface area (Å²) < 4.78 is 5.19. The Bertz CT molecular complexity index is 307. The van der Waals surface area contributed by atoms with Gasteiger partial charge in [-0.05, 0) is 12.3 Å². The number of amides is 2. The first-order valence-electron chi connectivity index (χ1n) is 6.29. The number of hydrogen-bond acceptors (Lipinski definition) is 4. The molecule has 1 fully saturated rings. The monoisotopic (exact) mass is 257 g/mol. The largest absolute Gasteiger partial charge is 0.380 e. The van der Waals surface area contributed by atoms with Crippen molar-refractivity contribution in [3.63, 3.8) is 0 Å². The molecule has 1 aliphatic rings. The third-order valence-electron chi connectivity index (χ3n) is 3.27. The summed E-state index contributed by atoms with van der Waals surface area (Å²) in [7, 11) is 1.64. The molecule has 0 saturated carbocycles. The molecule has 0 aromatic rings. The Morgan fingerprint density at radius 3 is 2.67 bits per heavy atom. The average Bonchev–Trinajstić information content (AvgIpc) is 2.83. The normalized spacial score (nSPS) is 21.2. The molecule has 2 amide bonds. The summed E-state index contributed by atoms with van der Waals surface area (Å²) in [5.74, 6) is -0.301. The first-order valence-corrected chi connectivity index (χ1v) is 6.29. The maximum atomic E-state index is 11.8. The lowest BCUT2D eigenvalue weighted by Gasteiger charge is -2.18. The van der Waals surface area contributed by atoms with Gasteiger partial charge < -0.3 is 20.7 Å². The fourth-order valence-electron chi connectivity index (χ4n) is 1.84. The summed E-state index contributed by atoms with van der Waals surface area (Å²) in [5.41, 5.74) is 5.69. The predicted octanol–water partition coefficient (Wildman–Crippen LogP) is -0.667. The van der Waals surface area contributed by atoms with Gasteiger partial charge in [-0.25, -0.2) is 0 Å². The first kappa shape index (κ1) is 14.9. The van der Waals surface area contributed by atoms with E-state index in [0.717, 1.165) is 6.42 Å². The second-order valence-electron chi connectivity index (χ2n) is 4.97. The lowest BCUT2D eigenvalue weighted by atomic mass is 10.1. The summed E-state index contributed by atoms with van der Waals surface area (Å²) >= 11 is 0. The number of nitrogens with one attached hydrogen (secondary N) is 1. The molecule has 1 saturated heterocycles. The summed E-state index contributed by atoms with van der Waals surface area (Å²) in [6.45, 7) is 5.03. The van der Waals surface area contributed by atoms with Crippen molar-refractivity contribution in [3.8, 4) is 0 Å². The zero-order valence-corrected chi connectivity index (χ0v) is 11.3. The average molecular weight is 257 g/mol. The number of carbonyl (C=O) groups excluding carboxylic acids is 2. The molecule has 0 bridgehead atoms. The highest BCUT2D eigenvalue weighted by Gasteiger charge is 2.26. The summed E-state index contributed by atoms with van der Waals surface area (Å²) in [5, 5.41) is 2.58. The lowest BCUT2D eigenvalue weighted by Crippen LogP contribution is -2.47. The van der Waals surface area contributed by atoms with Gasteiger partial charge in [0, 0.05) is 20.2 Å². The van der Waals surface area contributed by atoms with Crippen LogP contribution in [0.15, 0.2) is 0 Å². The van der Waals surface area contributed by atoms with Crippen LogP contribution >= 0.6 is 0 Å². The maximum Gasteiger partial charge on any atom is 0.242 e. The van der Waals surface area contributed by atoms with Crippen molar-refractivity contribution in [1.29, 1.82) is 0 Å². The van der Waals surface area contributed by atoms with E-state index in [1.807, 2.05) is 13.8 Å². The van der Waals surface area contributed by atoms with E-state index < -0.39 is 6.04 Å². The molecule has 0 aliphatic carbocycles. The second-order valence-corrected chi connectivity index (χ2v) is 4.97. The Labute approximate surface area is 108 Å². The van der Waals surface area contributed by atoms with Gasteiger partial charge >= 0.3 is 0 Å². The fourth-order valence-corrected chi connectivity index (χ4v) is 1.84. The van der Waals surface area contributed by atoms with Gasteiger partial charge in [0.1, 0.15) is 0 Å². The van der Waals surface area contributed by atoms with E-state index in [4.69, 9.17) is 10.5 Å². The van der Waals surface area contributed by atoms with Gasteiger partial charge in [0.25, 0.3) is 0 Å². The van der Waals surface area contributed by atoms with Gasteiger partial charge in [-0.3, -0.25) is 9.59 Å². The van der Waals surface area contributed by atoms with Crippen LogP contribution in [-0.4, -0.2) is 55.6 Å². The molecular formula is C12H23N3O3. The minimum absolute atomic E-state index is 0.00961. The molecule has 6 heteroatoms. The number of ether oxygens (including phenoxy) is 1. The van der Waals surface area contributed by atoms with Crippen LogP contribution in [0.3, 0.4) is 0 Å². The quantitative estimate of drug-likeness (QED) is 0.684. The zero-order valence-electron chi connectivity index (χ0n) is 11.3. The van der Waals surface area contributed by atoms with Crippen molar-refractivity contribution in [2.45, 2.75) is 32.4 Å². The number of likely N-dealkylation sites (tertiary alicyclic amines) is 1. The van der Waals surface area contributed by atoms with Crippen LogP contribution in [0.1, 0.15) is 20.3 Å². The molecule has 0 spiro atoms. The van der Waals surface area contributed by atoms with Gasteiger partial charge in [0.15, 0.2) is 0 Å². The number of nitrogens with zero attached hydrogens (tertiary/aromatic N) is 1. The molecule has 1 rings (SSSR count). The molecule has 3 N–H and O–H groups in total. The van der Waals surface area contributed by atoms with E-state index in [1.165, 1.54) is 0 Å². The minimum Gasteiger partial charge on any atom is -0.380 e. The maximum absolute atomic E-state index is 11.8. The second kappa shape index (κ2) is 6.70. The van der Waals surface area contributed by atoms with Crippen molar-refractivity contribution < 1.29 is 14.3 Å². The highest BCUT2D eigenvalue weighted by Crippen LogP contribution is 2.11. The Balaban J connectivity index is 2.31. The topological polar surface area (TPSA) is 84.7 Å². The van der Waals surface area contributed by atoms with E-state index in [-0.39, 0.29) is 30.4 Å². The van der Waals surface area contributed by atoms with Crippen molar-refractivity contribution >= 4 is 11.8 Å². The van der Waals surface area contributed by atoms with Crippen molar-refractivity contribution in [2.75, 3.05) is 26.7 Å². The zero-order chi connectivity index (χ0) is 13.7. The van der Waals surface area contributed by atoms with E-state index >= 15 is 0 Å². The highest BCUT2D eigenvalue weighted by molar-refractivity contribution is 5.87. The van der Waals surface area contributed by atoms with Crippen LogP contribution in [0.25, 0.3) is 0 Å².